The molecule has 0 N–H and O–H groups in total. The molecule has 1 aliphatic rings. The number of aromatic nitrogens is 6. The Morgan fingerprint density at radius 2 is 2.00 bits per heavy atom. The summed E-state index contributed by atoms with van der Waals surface area (Å²) in [5.41, 5.74) is 2.34. The SMILES string of the molecule is C=CCn1c(SCc2nnc(-c3c(-c4ccccc4)noc3C)o2)nnc1C1CC1. The lowest BCUT2D eigenvalue weighted by Gasteiger charge is -2.05. The molecule has 5 rings (SSSR count). The zero-order chi connectivity index (χ0) is 20.5. The van der Waals surface area contributed by atoms with E-state index in [9.17, 15) is 0 Å². The molecule has 0 bridgehead atoms. The lowest BCUT2D eigenvalue weighted by Crippen LogP contribution is -2.02. The Morgan fingerprint density at radius 1 is 1.17 bits per heavy atom. The molecule has 0 unspecified atom stereocenters. The van der Waals surface area contributed by atoms with Gasteiger partial charge in [-0.2, -0.15) is 0 Å². The minimum Gasteiger partial charge on any atom is -0.420 e. The minimum absolute atomic E-state index is 0.398. The Kier molecular flexibility index (Phi) is 4.96. The second-order valence-corrected chi connectivity index (χ2v) is 8.07. The van der Waals surface area contributed by atoms with E-state index < -0.39 is 0 Å². The van der Waals surface area contributed by atoms with Crippen LogP contribution in [0.25, 0.3) is 22.7 Å². The second kappa shape index (κ2) is 7.91. The average molecular weight is 420 g/mol. The van der Waals surface area contributed by atoms with E-state index in [1.54, 1.807) is 0 Å². The van der Waals surface area contributed by atoms with Crippen LogP contribution in [0.1, 0.15) is 36.2 Å². The van der Waals surface area contributed by atoms with Crippen LogP contribution in [-0.4, -0.2) is 30.1 Å². The predicted molar refractivity (Wildman–Crippen MR) is 112 cm³/mol. The highest BCUT2D eigenvalue weighted by Gasteiger charge is 2.30. The molecule has 0 aliphatic heterocycles. The summed E-state index contributed by atoms with van der Waals surface area (Å²) in [6.07, 6.45) is 4.22. The van der Waals surface area contributed by atoms with Crippen LogP contribution in [0.15, 0.2) is 57.1 Å². The van der Waals surface area contributed by atoms with Crippen molar-refractivity contribution in [2.24, 2.45) is 0 Å². The highest BCUT2D eigenvalue weighted by Crippen LogP contribution is 2.40. The second-order valence-electron chi connectivity index (χ2n) is 7.13. The Hall–Kier alpha value is -3.20. The minimum atomic E-state index is 0.398. The lowest BCUT2D eigenvalue weighted by atomic mass is 10.1. The van der Waals surface area contributed by atoms with Crippen molar-refractivity contribution in [1.29, 1.82) is 0 Å². The first-order valence-corrected chi connectivity index (χ1v) is 10.7. The third-order valence-electron chi connectivity index (χ3n) is 4.92. The first-order chi connectivity index (χ1) is 14.7. The Balaban J connectivity index is 1.37. The fraction of sp³-hybridized carbons (Fsp3) is 0.286. The summed E-state index contributed by atoms with van der Waals surface area (Å²) in [5, 5.41) is 22.2. The average Bonchev–Trinajstić information content (AvgIpc) is 3.18. The van der Waals surface area contributed by atoms with Gasteiger partial charge in [0.1, 0.15) is 22.8 Å². The van der Waals surface area contributed by atoms with E-state index in [1.807, 2.05) is 43.3 Å². The molecule has 0 saturated heterocycles. The summed E-state index contributed by atoms with van der Waals surface area (Å²) < 4.78 is 13.5. The molecule has 30 heavy (non-hydrogen) atoms. The first kappa shape index (κ1) is 18.8. The maximum atomic E-state index is 5.94. The smallest absolute Gasteiger partial charge is 0.253 e. The van der Waals surface area contributed by atoms with Gasteiger partial charge in [0.05, 0.1) is 5.75 Å². The largest absolute Gasteiger partial charge is 0.420 e. The van der Waals surface area contributed by atoms with Gasteiger partial charge in [-0.1, -0.05) is 53.3 Å². The van der Waals surface area contributed by atoms with Gasteiger partial charge in [-0.25, -0.2) is 0 Å². The number of rotatable bonds is 8. The molecule has 0 amide bonds. The van der Waals surface area contributed by atoms with Crippen molar-refractivity contribution < 1.29 is 8.94 Å². The monoisotopic (exact) mass is 420 g/mol. The van der Waals surface area contributed by atoms with Crippen molar-refractivity contribution in [3.63, 3.8) is 0 Å². The quantitative estimate of drug-likeness (QED) is 0.300. The normalized spacial score (nSPS) is 13.6. The van der Waals surface area contributed by atoms with Crippen LogP contribution in [0.3, 0.4) is 0 Å². The maximum absolute atomic E-state index is 5.94. The molecule has 3 aromatic heterocycles. The standard InChI is InChI=1S/C21H20N6O2S/c1-3-11-27-19(15-9-10-15)23-25-21(27)30-12-16-22-24-20(28-16)17-13(2)29-26-18(17)14-7-5-4-6-8-14/h3-8,15H,1,9-12H2,2H3. The van der Waals surface area contributed by atoms with Gasteiger partial charge in [-0.15, -0.1) is 27.0 Å². The Labute approximate surface area is 177 Å². The summed E-state index contributed by atoms with van der Waals surface area (Å²) in [7, 11) is 0. The number of thioether (sulfide) groups is 1. The molecule has 1 aliphatic carbocycles. The van der Waals surface area contributed by atoms with Gasteiger partial charge < -0.3 is 13.5 Å². The fourth-order valence-electron chi connectivity index (χ4n) is 3.31. The van der Waals surface area contributed by atoms with Crippen molar-refractivity contribution in [1.82, 2.24) is 30.1 Å². The van der Waals surface area contributed by atoms with Crippen LogP contribution in [0, 0.1) is 6.92 Å². The molecule has 152 valence electrons. The Bertz CT molecular complexity index is 1180. The predicted octanol–water partition coefficient (Wildman–Crippen LogP) is 4.65. The molecule has 4 aromatic rings. The number of hydrogen-bond donors (Lipinski definition) is 0. The molecular weight excluding hydrogens is 400 g/mol. The van der Waals surface area contributed by atoms with Crippen molar-refractivity contribution >= 4 is 11.8 Å². The highest BCUT2D eigenvalue weighted by atomic mass is 32.2. The van der Waals surface area contributed by atoms with Crippen molar-refractivity contribution in [3.05, 3.63) is 60.5 Å². The van der Waals surface area contributed by atoms with E-state index in [0.29, 0.717) is 41.5 Å². The topological polar surface area (TPSA) is 95.7 Å². The number of aryl methyl sites for hydroxylation is 1. The van der Waals surface area contributed by atoms with Gasteiger partial charge in [-0.05, 0) is 19.8 Å². The van der Waals surface area contributed by atoms with E-state index in [2.05, 4.69) is 36.7 Å². The van der Waals surface area contributed by atoms with Crippen molar-refractivity contribution in [2.45, 2.75) is 43.1 Å². The molecular formula is C21H20N6O2S. The Morgan fingerprint density at radius 3 is 2.77 bits per heavy atom. The van der Waals surface area contributed by atoms with E-state index in [0.717, 1.165) is 22.1 Å². The zero-order valence-electron chi connectivity index (χ0n) is 16.5. The van der Waals surface area contributed by atoms with Gasteiger partial charge >= 0.3 is 0 Å². The van der Waals surface area contributed by atoms with Gasteiger partial charge in [0.15, 0.2) is 5.16 Å². The molecule has 9 heteroatoms. The highest BCUT2D eigenvalue weighted by molar-refractivity contribution is 7.98. The number of allylic oxidation sites excluding steroid dienone is 1. The molecule has 0 atom stereocenters. The molecule has 0 spiro atoms. The van der Waals surface area contributed by atoms with Crippen LogP contribution in [0.5, 0.6) is 0 Å². The first-order valence-electron chi connectivity index (χ1n) is 9.76. The number of hydrogen-bond acceptors (Lipinski definition) is 8. The van der Waals surface area contributed by atoms with Crippen LogP contribution in [0.4, 0.5) is 0 Å². The van der Waals surface area contributed by atoms with Crippen LogP contribution >= 0.6 is 11.8 Å². The number of benzene rings is 1. The van der Waals surface area contributed by atoms with Crippen LogP contribution in [-0.2, 0) is 12.3 Å². The van der Waals surface area contributed by atoms with Crippen molar-refractivity contribution in [3.8, 4) is 22.7 Å². The van der Waals surface area contributed by atoms with E-state index in [1.165, 1.54) is 24.6 Å². The van der Waals surface area contributed by atoms with Crippen molar-refractivity contribution in [2.75, 3.05) is 0 Å². The molecule has 0 radical (unpaired) electrons. The fourth-order valence-corrected chi connectivity index (χ4v) is 4.10. The van der Waals surface area contributed by atoms with E-state index in [4.69, 9.17) is 8.94 Å². The third-order valence-corrected chi connectivity index (χ3v) is 5.87. The zero-order valence-corrected chi connectivity index (χ0v) is 17.3. The molecule has 8 nitrogen and oxygen atoms in total. The van der Waals surface area contributed by atoms with Gasteiger partial charge in [0.25, 0.3) is 5.89 Å². The lowest BCUT2D eigenvalue weighted by molar-refractivity contribution is 0.399. The van der Waals surface area contributed by atoms with Gasteiger partial charge in [-0.3, -0.25) is 0 Å². The summed E-state index contributed by atoms with van der Waals surface area (Å²) in [5.74, 6) is 3.60. The summed E-state index contributed by atoms with van der Waals surface area (Å²) >= 11 is 1.53. The summed E-state index contributed by atoms with van der Waals surface area (Å²) in [6, 6.07) is 9.80. The number of nitrogens with zero attached hydrogens (tertiary/aromatic N) is 6. The maximum Gasteiger partial charge on any atom is 0.253 e. The van der Waals surface area contributed by atoms with E-state index >= 15 is 0 Å². The molecule has 3 heterocycles. The van der Waals surface area contributed by atoms with Gasteiger partial charge in [0.2, 0.25) is 5.89 Å². The van der Waals surface area contributed by atoms with Crippen LogP contribution < -0.4 is 0 Å². The summed E-state index contributed by atoms with van der Waals surface area (Å²) in [4.78, 5) is 0. The van der Waals surface area contributed by atoms with Crippen LogP contribution in [0.2, 0.25) is 0 Å². The molecule has 1 saturated carbocycles. The molecule has 1 aromatic carbocycles. The van der Waals surface area contributed by atoms with E-state index in [-0.39, 0.29) is 0 Å². The summed E-state index contributed by atoms with van der Waals surface area (Å²) in [6.45, 7) is 6.38. The third kappa shape index (κ3) is 3.56. The van der Waals surface area contributed by atoms with Gasteiger partial charge in [0, 0.05) is 18.0 Å². The molecule has 1 fully saturated rings.